The molecule has 0 saturated carbocycles. The van der Waals surface area contributed by atoms with Crippen LogP contribution in [0.3, 0.4) is 0 Å². The van der Waals surface area contributed by atoms with Crippen LogP contribution in [0.4, 0.5) is 0 Å². The number of carbonyl (C=O) groups excluding carboxylic acids is 1. The van der Waals surface area contributed by atoms with Crippen LogP contribution in [0, 0.1) is 5.92 Å². The molecule has 1 saturated heterocycles. The molecule has 1 aliphatic heterocycles. The fourth-order valence-corrected chi connectivity index (χ4v) is 2.41. The molecule has 1 aliphatic rings. The standard InChI is InChI=1S/C13H16ClNO2/c14-8-10-2-1-7-15(9-10)13(17)11-3-5-12(16)6-4-11/h3-6,10,16H,1-2,7-9H2. The van der Waals surface area contributed by atoms with Crippen molar-refractivity contribution in [3.05, 3.63) is 29.8 Å². The van der Waals surface area contributed by atoms with E-state index < -0.39 is 0 Å². The lowest BCUT2D eigenvalue weighted by Gasteiger charge is -2.31. The van der Waals surface area contributed by atoms with E-state index in [1.54, 1.807) is 12.1 Å². The molecule has 2 rings (SSSR count). The lowest BCUT2D eigenvalue weighted by Crippen LogP contribution is -2.40. The minimum Gasteiger partial charge on any atom is -0.508 e. The van der Waals surface area contributed by atoms with Gasteiger partial charge in [-0.1, -0.05) is 0 Å². The molecule has 1 amide bonds. The first kappa shape index (κ1) is 12.2. The largest absolute Gasteiger partial charge is 0.508 e. The van der Waals surface area contributed by atoms with Crippen LogP contribution in [0.15, 0.2) is 24.3 Å². The molecule has 1 fully saturated rings. The lowest BCUT2D eigenvalue weighted by atomic mass is 9.99. The highest BCUT2D eigenvalue weighted by Crippen LogP contribution is 2.20. The van der Waals surface area contributed by atoms with Gasteiger partial charge in [0.15, 0.2) is 0 Å². The van der Waals surface area contributed by atoms with Gasteiger partial charge in [-0.25, -0.2) is 0 Å². The minimum absolute atomic E-state index is 0.0276. The Morgan fingerprint density at radius 2 is 2.12 bits per heavy atom. The zero-order chi connectivity index (χ0) is 12.3. The molecule has 0 radical (unpaired) electrons. The van der Waals surface area contributed by atoms with Gasteiger partial charge in [0.25, 0.3) is 5.91 Å². The molecule has 0 spiro atoms. The van der Waals surface area contributed by atoms with Gasteiger partial charge in [-0.2, -0.15) is 0 Å². The third-order valence-corrected chi connectivity index (χ3v) is 3.58. The summed E-state index contributed by atoms with van der Waals surface area (Å²) in [6.45, 7) is 1.54. The van der Waals surface area contributed by atoms with Crippen molar-refractivity contribution in [1.82, 2.24) is 4.90 Å². The second-order valence-corrected chi connectivity index (χ2v) is 4.77. The summed E-state index contributed by atoms with van der Waals surface area (Å²) in [5, 5.41) is 9.19. The maximum absolute atomic E-state index is 12.2. The quantitative estimate of drug-likeness (QED) is 0.823. The molecule has 4 heteroatoms. The highest BCUT2D eigenvalue weighted by Gasteiger charge is 2.23. The molecule has 1 aromatic rings. The molecule has 1 N–H and O–H groups in total. The molecule has 1 heterocycles. The molecule has 1 aromatic carbocycles. The Hall–Kier alpha value is -1.22. The first-order valence-electron chi connectivity index (χ1n) is 5.85. The first-order valence-corrected chi connectivity index (χ1v) is 6.38. The molecule has 1 unspecified atom stereocenters. The summed E-state index contributed by atoms with van der Waals surface area (Å²) in [4.78, 5) is 14.0. The number of phenolic OH excluding ortho intramolecular Hbond substituents is 1. The smallest absolute Gasteiger partial charge is 0.253 e. The van der Waals surface area contributed by atoms with E-state index in [2.05, 4.69) is 0 Å². The average Bonchev–Trinajstić information content (AvgIpc) is 2.39. The Bertz CT molecular complexity index is 391. The normalized spacial score (nSPS) is 20.3. The van der Waals surface area contributed by atoms with Gasteiger partial charge in [-0.15, -0.1) is 11.6 Å². The Morgan fingerprint density at radius 3 is 2.76 bits per heavy atom. The van der Waals surface area contributed by atoms with Crippen LogP contribution in [0.25, 0.3) is 0 Å². The Labute approximate surface area is 106 Å². The van der Waals surface area contributed by atoms with Gasteiger partial charge in [-0.3, -0.25) is 4.79 Å². The van der Waals surface area contributed by atoms with Crippen molar-refractivity contribution < 1.29 is 9.90 Å². The van der Waals surface area contributed by atoms with Crippen molar-refractivity contribution in [2.75, 3.05) is 19.0 Å². The fraction of sp³-hybridized carbons (Fsp3) is 0.462. The zero-order valence-electron chi connectivity index (χ0n) is 9.60. The molecule has 0 aliphatic carbocycles. The van der Waals surface area contributed by atoms with Gasteiger partial charge < -0.3 is 10.0 Å². The van der Waals surface area contributed by atoms with Crippen LogP contribution in [-0.2, 0) is 0 Å². The number of aromatic hydroxyl groups is 1. The molecular formula is C13H16ClNO2. The van der Waals surface area contributed by atoms with E-state index in [1.807, 2.05) is 4.90 Å². The molecule has 0 aromatic heterocycles. The zero-order valence-corrected chi connectivity index (χ0v) is 10.4. The van der Waals surface area contributed by atoms with Crippen LogP contribution in [0.1, 0.15) is 23.2 Å². The van der Waals surface area contributed by atoms with Crippen molar-refractivity contribution in [1.29, 1.82) is 0 Å². The summed E-state index contributed by atoms with van der Waals surface area (Å²) >= 11 is 5.85. The second kappa shape index (κ2) is 5.41. The number of carbonyl (C=O) groups is 1. The topological polar surface area (TPSA) is 40.5 Å². The minimum atomic E-state index is 0.0276. The number of rotatable bonds is 2. The van der Waals surface area contributed by atoms with Crippen molar-refractivity contribution in [3.8, 4) is 5.75 Å². The van der Waals surface area contributed by atoms with Crippen LogP contribution < -0.4 is 0 Å². The third kappa shape index (κ3) is 2.91. The lowest BCUT2D eigenvalue weighted by molar-refractivity contribution is 0.0685. The van der Waals surface area contributed by atoms with Crippen LogP contribution >= 0.6 is 11.6 Å². The SMILES string of the molecule is O=C(c1ccc(O)cc1)N1CCCC(CCl)C1. The number of alkyl halides is 1. The Morgan fingerprint density at radius 1 is 1.41 bits per heavy atom. The van der Waals surface area contributed by atoms with Gasteiger partial charge in [0.2, 0.25) is 0 Å². The molecule has 3 nitrogen and oxygen atoms in total. The number of likely N-dealkylation sites (tertiary alicyclic amines) is 1. The summed E-state index contributed by atoms with van der Waals surface area (Å²) in [6.07, 6.45) is 2.12. The van der Waals surface area contributed by atoms with E-state index in [0.717, 1.165) is 25.9 Å². The van der Waals surface area contributed by atoms with Crippen molar-refractivity contribution in [2.24, 2.45) is 5.92 Å². The average molecular weight is 254 g/mol. The summed E-state index contributed by atoms with van der Waals surface area (Å²) in [6, 6.07) is 6.39. The number of halogens is 1. The van der Waals surface area contributed by atoms with Gasteiger partial charge >= 0.3 is 0 Å². The molecule has 17 heavy (non-hydrogen) atoms. The Kier molecular flexibility index (Phi) is 3.89. The second-order valence-electron chi connectivity index (χ2n) is 4.46. The molecular weight excluding hydrogens is 238 g/mol. The maximum atomic E-state index is 12.2. The van der Waals surface area contributed by atoms with Gasteiger partial charge in [-0.05, 0) is 43.0 Å². The van der Waals surface area contributed by atoms with E-state index in [0.29, 0.717) is 17.4 Å². The predicted molar refractivity (Wildman–Crippen MR) is 67.5 cm³/mol. The highest BCUT2D eigenvalue weighted by molar-refractivity contribution is 6.18. The molecule has 0 bridgehead atoms. The van der Waals surface area contributed by atoms with Crippen LogP contribution in [0.5, 0.6) is 5.75 Å². The number of hydrogen-bond acceptors (Lipinski definition) is 2. The van der Waals surface area contributed by atoms with Crippen molar-refractivity contribution in [3.63, 3.8) is 0 Å². The summed E-state index contributed by atoms with van der Waals surface area (Å²) in [5.74, 6) is 1.23. The number of amides is 1. The predicted octanol–water partition coefficient (Wildman–Crippen LogP) is 2.48. The summed E-state index contributed by atoms with van der Waals surface area (Å²) < 4.78 is 0. The van der Waals surface area contributed by atoms with Gasteiger partial charge in [0.1, 0.15) is 5.75 Å². The van der Waals surface area contributed by atoms with E-state index in [9.17, 15) is 9.90 Å². The van der Waals surface area contributed by atoms with E-state index in [1.165, 1.54) is 12.1 Å². The maximum Gasteiger partial charge on any atom is 0.253 e. The Balaban J connectivity index is 2.06. The number of piperidine rings is 1. The van der Waals surface area contributed by atoms with E-state index >= 15 is 0 Å². The highest BCUT2D eigenvalue weighted by atomic mass is 35.5. The fourth-order valence-electron chi connectivity index (χ4n) is 2.16. The monoisotopic (exact) mass is 253 g/mol. The van der Waals surface area contributed by atoms with E-state index in [-0.39, 0.29) is 11.7 Å². The van der Waals surface area contributed by atoms with Crippen molar-refractivity contribution in [2.45, 2.75) is 12.8 Å². The van der Waals surface area contributed by atoms with Gasteiger partial charge in [0.05, 0.1) is 0 Å². The third-order valence-electron chi connectivity index (χ3n) is 3.14. The van der Waals surface area contributed by atoms with E-state index in [4.69, 9.17) is 11.6 Å². The van der Waals surface area contributed by atoms with Crippen molar-refractivity contribution >= 4 is 17.5 Å². The first-order chi connectivity index (χ1) is 8.20. The number of benzene rings is 1. The van der Waals surface area contributed by atoms with Crippen LogP contribution in [0.2, 0.25) is 0 Å². The number of phenols is 1. The van der Waals surface area contributed by atoms with Gasteiger partial charge in [0, 0.05) is 24.5 Å². The summed E-state index contributed by atoms with van der Waals surface area (Å²) in [7, 11) is 0. The number of hydrogen-bond donors (Lipinski definition) is 1. The molecule has 92 valence electrons. The molecule has 1 atom stereocenters. The summed E-state index contributed by atoms with van der Waals surface area (Å²) in [5.41, 5.74) is 0.623. The van der Waals surface area contributed by atoms with Crippen LogP contribution in [-0.4, -0.2) is 34.9 Å². The number of nitrogens with zero attached hydrogens (tertiary/aromatic N) is 1.